The van der Waals surface area contributed by atoms with Crippen LogP contribution >= 0.6 is 0 Å². The van der Waals surface area contributed by atoms with Gasteiger partial charge in [-0.05, 0) is 89.9 Å². The van der Waals surface area contributed by atoms with Crippen LogP contribution in [0, 0.1) is 0 Å². The smallest absolute Gasteiger partial charge is 0.306 e. The molecule has 6 heteroatoms. The molecule has 1 unspecified atom stereocenters. The lowest BCUT2D eigenvalue weighted by molar-refractivity contribution is -0.167. The first-order chi connectivity index (χ1) is 39.0. The zero-order valence-electron chi connectivity index (χ0n) is 52.9. The molecule has 0 aromatic rings. The summed E-state index contributed by atoms with van der Waals surface area (Å²) < 4.78 is 17.0. The summed E-state index contributed by atoms with van der Waals surface area (Å²) in [7, 11) is 0. The van der Waals surface area contributed by atoms with Crippen molar-refractivity contribution < 1.29 is 28.6 Å². The van der Waals surface area contributed by atoms with Crippen molar-refractivity contribution in [2.75, 3.05) is 13.2 Å². The Morgan fingerprint density at radius 3 is 0.734 bits per heavy atom. The molecule has 6 nitrogen and oxygen atoms in total. The van der Waals surface area contributed by atoms with Crippen molar-refractivity contribution in [3.63, 3.8) is 0 Å². The highest BCUT2D eigenvalue weighted by molar-refractivity contribution is 5.71. The summed E-state index contributed by atoms with van der Waals surface area (Å²) in [4.78, 5) is 38.4. The van der Waals surface area contributed by atoms with Gasteiger partial charge in [0.1, 0.15) is 13.2 Å². The number of esters is 3. The van der Waals surface area contributed by atoms with Gasteiger partial charge in [-0.25, -0.2) is 0 Å². The molecule has 0 saturated heterocycles. The van der Waals surface area contributed by atoms with E-state index < -0.39 is 6.10 Å². The third-order valence-corrected chi connectivity index (χ3v) is 15.5. The number of hydrogen-bond donors (Lipinski definition) is 0. The van der Waals surface area contributed by atoms with Gasteiger partial charge >= 0.3 is 17.9 Å². The van der Waals surface area contributed by atoms with E-state index in [0.717, 1.165) is 83.5 Å². The van der Waals surface area contributed by atoms with E-state index in [-0.39, 0.29) is 31.1 Å². The molecule has 79 heavy (non-hydrogen) atoms. The molecule has 0 amide bonds. The van der Waals surface area contributed by atoms with Gasteiger partial charge in [-0.1, -0.05) is 319 Å². The molecule has 0 N–H and O–H groups in total. The van der Waals surface area contributed by atoms with Gasteiger partial charge in [-0.2, -0.15) is 0 Å². The molecule has 0 aliphatic rings. The summed E-state index contributed by atoms with van der Waals surface area (Å²) >= 11 is 0. The van der Waals surface area contributed by atoms with Gasteiger partial charge in [0.25, 0.3) is 0 Å². The molecule has 0 bridgehead atoms. The Morgan fingerprint density at radius 1 is 0.253 bits per heavy atom. The van der Waals surface area contributed by atoms with Crippen LogP contribution < -0.4 is 0 Å². The van der Waals surface area contributed by atoms with Crippen LogP contribution in [-0.4, -0.2) is 37.2 Å². The van der Waals surface area contributed by atoms with Gasteiger partial charge < -0.3 is 14.2 Å². The lowest BCUT2D eigenvalue weighted by atomic mass is 10.0. The van der Waals surface area contributed by atoms with E-state index in [4.69, 9.17) is 14.2 Å². The molecule has 0 fully saturated rings. The summed E-state index contributed by atoms with van der Waals surface area (Å²) in [5.41, 5.74) is 0. The van der Waals surface area contributed by atoms with E-state index in [9.17, 15) is 14.4 Å². The summed E-state index contributed by atoms with van der Waals surface area (Å²) in [6.45, 7) is 6.65. The maximum atomic E-state index is 12.9. The second-order valence-electron chi connectivity index (χ2n) is 23.4. The third kappa shape index (κ3) is 65.8. The van der Waals surface area contributed by atoms with E-state index in [1.165, 1.54) is 244 Å². The molecule has 0 heterocycles. The predicted molar refractivity (Wildman–Crippen MR) is 344 cm³/mol. The quantitative estimate of drug-likeness (QED) is 0.0261. The predicted octanol–water partition coefficient (Wildman–Crippen LogP) is 23.9. The molecule has 0 rings (SSSR count). The molecular weight excluding hydrogens is 973 g/mol. The molecule has 0 spiro atoms. The maximum absolute atomic E-state index is 12.9. The minimum Gasteiger partial charge on any atom is -0.462 e. The second kappa shape index (κ2) is 67.6. The van der Waals surface area contributed by atoms with Gasteiger partial charge in [-0.3, -0.25) is 14.4 Å². The normalized spacial score (nSPS) is 12.4. The lowest BCUT2D eigenvalue weighted by Gasteiger charge is -2.18. The Labute approximate surface area is 491 Å². The number of unbranched alkanes of at least 4 members (excludes halogenated alkanes) is 43. The average molecular weight is 1110 g/mol. The molecule has 460 valence electrons. The van der Waals surface area contributed by atoms with Crippen molar-refractivity contribution >= 4 is 17.9 Å². The van der Waals surface area contributed by atoms with Crippen LogP contribution in [0.25, 0.3) is 0 Å². The van der Waals surface area contributed by atoms with Gasteiger partial charge in [0.15, 0.2) is 6.10 Å². The first kappa shape index (κ1) is 76.1. The Hall–Kier alpha value is -2.89. The van der Waals surface area contributed by atoms with Crippen LogP contribution in [0.2, 0.25) is 0 Å². The van der Waals surface area contributed by atoms with Crippen LogP contribution in [-0.2, 0) is 28.6 Å². The monoisotopic (exact) mass is 1110 g/mol. The zero-order chi connectivity index (χ0) is 57.1. The molecule has 0 aliphatic heterocycles. The van der Waals surface area contributed by atoms with Crippen molar-refractivity contribution in [3.05, 3.63) is 60.8 Å². The van der Waals surface area contributed by atoms with E-state index in [1.54, 1.807) is 0 Å². The Bertz CT molecular complexity index is 1410. The maximum Gasteiger partial charge on any atom is 0.306 e. The average Bonchev–Trinajstić information content (AvgIpc) is 3.45. The molecule has 0 aliphatic carbocycles. The highest BCUT2D eigenvalue weighted by atomic mass is 16.6. The summed E-state index contributed by atoms with van der Waals surface area (Å²) in [6, 6.07) is 0. The Morgan fingerprint density at radius 2 is 0.456 bits per heavy atom. The summed E-state index contributed by atoms with van der Waals surface area (Å²) in [6.07, 6.45) is 86.7. The molecule has 0 aromatic carbocycles. The van der Waals surface area contributed by atoms with Crippen molar-refractivity contribution in [1.29, 1.82) is 0 Å². The van der Waals surface area contributed by atoms with E-state index >= 15 is 0 Å². The van der Waals surface area contributed by atoms with Crippen LogP contribution in [0.3, 0.4) is 0 Å². The SMILES string of the molecule is CCCCC/C=C\C/C=C\CCCCCCCCCC(=O)OC(COC(=O)CCCCCCCCCCCCCCCCC)COC(=O)CCCCCCCCCCCCCCCC/C=C\C/C=C\C/C=C\CCCCCCC. The van der Waals surface area contributed by atoms with E-state index in [1.807, 2.05) is 0 Å². The fraction of sp³-hybridized carbons (Fsp3) is 0.822. The fourth-order valence-electron chi connectivity index (χ4n) is 10.2. The van der Waals surface area contributed by atoms with E-state index in [0.29, 0.717) is 19.3 Å². The Kier molecular flexibility index (Phi) is 65.1. The topological polar surface area (TPSA) is 78.9 Å². The first-order valence-electron chi connectivity index (χ1n) is 34.8. The highest BCUT2D eigenvalue weighted by Crippen LogP contribution is 2.18. The van der Waals surface area contributed by atoms with Crippen LogP contribution in [0.4, 0.5) is 0 Å². The van der Waals surface area contributed by atoms with Crippen molar-refractivity contribution in [1.82, 2.24) is 0 Å². The molecule has 0 saturated carbocycles. The van der Waals surface area contributed by atoms with Gasteiger partial charge in [0, 0.05) is 19.3 Å². The minimum atomic E-state index is -0.778. The molecule has 1 atom stereocenters. The van der Waals surface area contributed by atoms with Crippen molar-refractivity contribution in [2.24, 2.45) is 0 Å². The molecule has 0 aromatic heterocycles. The number of allylic oxidation sites excluding steroid dienone is 10. The summed E-state index contributed by atoms with van der Waals surface area (Å²) in [5.74, 6) is -0.859. The fourth-order valence-corrected chi connectivity index (χ4v) is 10.2. The second-order valence-corrected chi connectivity index (χ2v) is 23.4. The van der Waals surface area contributed by atoms with Gasteiger partial charge in [-0.15, -0.1) is 0 Å². The van der Waals surface area contributed by atoms with Gasteiger partial charge in [0.2, 0.25) is 0 Å². The van der Waals surface area contributed by atoms with Crippen LogP contribution in [0.15, 0.2) is 60.8 Å². The minimum absolute atomic E-state index is 0.0731. The number of carbonyl (C=O) groups is 3. The van der Waals surface area contributed by atoms with Crippen LogP contribution in [0.5, 0.6) is 0 Å². The number of rotatable bonds is 64. The largest absolute Gasteiger partial charge is 0.462 e. The highest BCUT2D eigenvalue weighted by Gasteiger charge is 2.19. The Balaban J connectivity index is 4.24. The number of ether oxygens (including phenoxy) is 3. The van der Waals surface area contributed by atoms with Gasteiger partial charge in [0.05, 0.1) is 0 Å². The van der Waals surface area contributed by atoms with Crippen LogP contribution in [0.1, 0.15) is 367 Å². The van der Waals surface area contributed by atoms with Crippen molar-refractivity contribution in [3.8, 4) is 0 Å². The summed E-state index contributed by atoms with van der Waals surface area (Å²) in [5, 5.41) is 0. The standard InChI is InChI=1S/C73H132O6/c1-4-7-10-13-16-19-22-25-28-30-31-32-33-34-35-36-37-38-39-40-41-43-45-48-51-54-57-60-63-66-72(75)78-69-70(68-77-71(74)65-62-59-56-53-50-47-44-27-24-21-18-15-12-9-6-3)79-73(76)67-64-61-58-55-52-49-46-42-29-26-23-20-17-14-11-8-5-2/h17,20,22,25-26,29-31,33-34,70H,4-16,18-19,21,23-24,27-28,32,35-69H2,1-3H3/b20-17-,25-22-,29-26-,31-30-,34-33-. The lowest BCUT2D eigenvalue weighted by Crippen LogP contribution is -2.30. The first-order valence-corrected chi connectivity index (χ1v) is 34.8. The van der Waals surface area contributed by atoms with Crippen molar-refractivity contribution in [2.45, 2.75) is 374 Å². The number of hydrogen-bond acceptors (Lipinski definition) is 6. The molecule has 0 radical (unpaired) electrons. The molecular formula is C73H132O6. The zero-order valence-corrected chi connectivity index (χ0v) is 52.9. The van der Waals surface area contributed by atoms with E-state index in [2.05, 4.69) is 81.5 Å². The third-order valence-electron chi connectivity index (χ3n) is 15.5. The number of carbonyl (C=O) groups excluding carboxylic acids is 3.